The normalized spacial score (nSPS) is 12.5. The van der Waals surface area contributed by atoms with Crippen molar-refractivity contribution in [3.8, 4) is 0 Å². The van der Waals surface area contributed by atoms with E-state index in [4.69, 9.17) is 0 Å². The molecule has 124 valence electrons. The molecular weight excluding hydrogens is 318 g/mol. The van der Waals surface area contributed by atoms with Crippen molar-refractivity contribution in [2.45, 2.75) is 35.5 Å². The van der Waals surface area contributed by atoms with Crippen LogP contribution >= 0.6 is 23.5 Å². The molecule has 2 aromatic carbocycles. The molecule has 1 unspecified atom stereocenters. The summed E-state index contributed by atoms with van der Waals surface area (Å²) >= 11 is 4.08. The Labute approximate surface area is 149 Å². The van der Waals surface area contributed by atoms with E-state index in [1.807, 2.05) is 11.8 Å². The van der Waals surface area contributed by atoms with Crippen molar-refractivity contribution in [1.29, 1.82) is 0 Å². The van der Waals surface area contributed by atoms with Gasteiger partial charge in [-0.15, -0.1) is 23.5 Å². The van der Waals surface area contributed by atoms with E-state index in [1.165, 1.54) is 23.4 Å². The number of hydrogen-bond donors (Lipinski definition) is 0. The maximum atomic E-state index is 2.52. The van der Waals surface area contributed by atoms with Crippen LogP contribution in [0.5, 0.6) is 0 Å². The first-order valence-electron chi connectivity index (χ1n) is 8.41. The van der Waals surface area contributed by atoms with Gasteiger partial charge in [0.2, 0.25) is 0 Å². The van der Waals surface area contributed by atoms with Crippen LogP contribution in [0.25, 0.3) is 0 Å². The second-order valence-corrected chi connectivity index (χ2v) is 8.24. The van der Waals surface area contributed by atoms with E-state index in [-0.39, 0.29) is 0 Å². The lowest BCUT2D eigenvalue weighted by Crippen LogP contribution is -2.25. The molecule has 0 aliphatic carbocycles. The van der Waals surface area contributed by atoms with Gasteiger partial charge in [-0.1, -0.05) is 62.4 Å². The summed E-state index contributed by atoms with van der Waals surface area (Å²) in [5, 5.41) is 0. The third kappa shape index (κ3) is 7.03. The maximum absolute atomic E-state index is 2.52. The highest BCUT2D eigenvalue weighted by atomic mass is 32.2. The number of benzene rings is 2. The van der Waals surface area contributed by atoms with Gasteiger partial charge in [-0.25, -0.2) is 0 Å². The van der Waals surface area contributed by atoms with Gasteiger partial charge in [0.15, 0.2) is 0 Å². The van der Waals surface area contributed by atoms with Crippen LogP contribution in [0.15, 0.2) is 65.6 Å². The van der Waals surface area contributed by atoms with Crippen molar-refractivity contribution in [3.63, 3.8) is 0 Å². The highest BCUT2D eigenvalue weighted by Gasteiger charge is 2.13. The van der Waals surface area contributed by atoms with E-state index in [9.17, 15) is 0 Å². The summed E-state index contributed by atoms with van der Waals surface area (Å²) in [6.45, 7) is 7.96. The van der Waals surface area contributed by atoms with Gasteiger partial charge in [-0.2, -0.15) is 0 Å². The highest BCUT2D eigenvalue weighted by Crippen LogP contribution is 2.35. The molecule has 0 spiro atoms. The number of rotatable bonds is 10. The Morgan fingerprint density at radius 2 is 1.48 bits per heavy atom. The van der Waals surface area contributed by atoms with Gasteiger partial charge in [0, 0.05) is 10.6 Å². The van der Waals surface area contributed by atoms with Gasteiger partial charge in [0.1, 0.15) is 0 Å². The molecule has 0 aliphatic heterocycles. The first-order chi connectivity index (χ1) is 11.3. The first-order valence-corrected chi connectivity index (χ1v) is 10.3. The molecule has 2 aromatic rings. The third-order valence-electron chi connectivity index (χ3n) is 3.86. The van der Waals surface area contributed by atoms with E-state index in [2.05, 4.69) is 91.2 Å². The number of nitrogens with zero attached hydrogens (tertiary/aromatic N) is 1. The van der Waals surface area contributed by atoms with E-state index in [0.717, 1.165) is 18.8 Å². The van der Waals surface area contributed by atoms with Gasteiger partial charge < -0.3 is 4.90 Å². The van der Waals surface area contributed by atoms with E-state index >= 15 is 0 Å². The van der Waals surface area contributed by atoms with Crippen LogP contribution in [0.2, 0.25) is 0 Å². The van der Waals surface area contributed by atoms with Crippen LogP contribution in [0.3, 0.4) is 0 Å². The quantitative estimate of drug-likeness (QED) is 0.397. The smallest absolute Gasteiger partial charge is 0.0565 e. The summed E-state index contributed by atoms with van der Waals surface area (Å²) in [6.07, 6.45) is 1.22. The molecular formula is C20H27NS2. The van der Waals surface area contributed by atoms with Gasteiger partial charge in [0.25, 0.3) is 0 Å². The van der Waals surface area contributed by atoms with Gasteiger partial charge in [0.05, 0.1) is 4.58 Å². The Morgan fingerprint density at radius 3 is 2.09 bits per heavy atom. The van der Waals surface area contributed by atoms with E-state index < -0.39 is 0 Å². The number of hydrogen-bond acceptors (Lipinski definition) is 3. The predicted octanol–water partition coefficient (Wildman–Crippen LogP) is 5.77. The Bertz CT molecular complexity index is 526. The topological polar surface area (TPSA) is 3.24 Å². The Morgan fingerprint density at radius 1 is 0.870 bits per heavy atom. The lowest BCUT2D eigenvalue weighted by atomic mass is 10.2. The summed E-state index contributed by atoms with van der Waals surface area (Å²) in [4.78, 5) is 3.89. The van der Waals surface area contributed by atoms with Crippen molar-refractivity contribution in [3.05, 3.63) is 66.2 Å². The summed E-state index contributed by atoms with van der Waals surface area (Å²) in [5.74, 6) is 1.09. The minimum absolute atomic E-state index is 0.596. The zero-order valence-corrected chi connectivity index (χ0v) is 15.8. The minimum Gasteiger partial charge on any atom is -0.304 e. The van der Waals surface area contributed by atoms with Crippen LogP contribution in [0, 0.1) is 0 Å². The molecule has 0 heterocycles. The standard InChI is InChI=1S/C20H27NS2/c1-3-21(4-2)16-15-20(23-19-13-9-6-10-14-19)22-17-18-11-7-5-8-12-18/h5-14,20H,3-4,15-17H2,1-2H3. The molecule has 0 aliphatic rings. The predicted molar refractivity (Wildman–Crippen MR) is 106 cm³/mol. The SMILES string of the molecule is CCN(CC)CCC(SCc1ccccc1)Sc1ccccc1. The van der Waals surface area contributed by atoms with Gasteiger partial charge in [-0.05, 0) is 43.8 Å². The Balaban J connectivity index is 1.92. The Kier molecular flexibility index (Phi) is 8.66. The molecule has 0 N–H and O–H groups in total. The first kappa shape index (κ1) is 18.4. The molecule has 3 heteroatoms. The monoisotopic (exact) mass is 345 g/mol. The zero-order valence-electron chi connectivity index (χ0n) is 14.2. The molecule has 2 rings (SSSR count). The maximum Gasteiger partial charge on any atom is 0.0565 e. The molecule has 0 saturated carbocycles. The molecule has 0 aromatic heterocycles. The zero-order chi connectivity index (χ0) is 16.3. The van der Waals surface area contributed by atoms with Crippen molar-refractivity contribution >= 4 is 23.5 Å². The fourth-order valence-electron chi connectivity index (χ4n) is 2.42. The lowest BCUT2D eigenvalue weighted by molar-refractivity contribution is 0.304. The van der Waals surface area contributed by atoms with Crippen molar-refractivity contribution in [2.75, 3.05) is 19.6 Å². The molecule has 0 saturated heterocycles. The fraction of sp³-hybridized carbons (Fsp3) is 0.400. The van der Waals surface area contributed by atoms with Gasteiger partial charge in [-0.3, -0.25) is 0 Å². The minimum atomic E-state index is 0.596. The summed E-state index contributed by atoms with van der Waals surface area (Å²) in [7, 11) is 0. The average Bonchev–Trinajstić information content (AvgIpc) is 2.62. The van der Waals surface area contributed by atoms with Crippen molar-refractivity contribution < 1.29 is 0 Å². The van der Waals surface area contributed by atoms with Crippen LogP contribution in [0.4, 0.5) is 0 Å². The second kappa shape index (κ2) is 10.8. The van der Waals surface area contributed by atoms with Crippen LogP contribution < -0.4 is 0 Å². The highest BCUT2D eigenvalue weighted by molar-refractivity contribution is 8.16. The average molecular weight is 346 g/mol. The fourth-order valence-corrected chi connectivity index (χ4v) is 4.91. The van der Waals surface area contributed by atoms with Crippen LogP contribution in [-0.2, 0) is 5.75 Å². The summed E-state index contributed by atoms with van der Waals surface area (Å²) in [6, 6.07) is 21.6. The summed E-state index contributed by atoms with van der Waals surface area (Å²) < 4.78 is 0.596. The molecule has 0 bridgehead atoms. The second-order valence-electron chi connectivity index (χ2n) is 5.47. The number of thioether (sulfide) groups is 2. The van der Waals surface area contributed by atoms with Crippen LogP contribution in [0.1, 0.15) is 25.8 Å². The van der Waals surface area contributed by atoms with E-state index in [1.54, 1.807) is 0 Å². The molecule has 0 fully saturated rings. The van der Waals surface area contributed by atoms with Crippen molar-refractivity contribution in [1.82, 2.24) is 4.90 Å². The van der Waals surface area contributed by atoms with E-state index in [0.29, 0.717) is 4.58 Å². The molecule has 1 atom stereocenters. The summed E-state index contributed by atoms with van der Waals surface area (Å²) in [5.41, 5.74) is 1.42. The Hall–Kier alpha value is -0.900. The third-order valence-corrected chi connectivity index (χ3v) is 6.71. The molecule has 0 radical (unpaired) electrons. The molecule has 0 amide bonds. The van der Waals surface area contributed by atoms with Crippen LogP contribution in [-0.4, -0.2) is 29.1 Å². The molecule has 23 heavy (non-hydrogen) atoms. The lowest BCUT2D eigenvalue weighted by Gasteiger charge is -2.22. The van der Waals surface area contributed by atoms with Crippen molar-refractivity contribution in [2.24, 2.45) is 0 Å². The largest absolute Gasteiger partial charge is 0.304 e. The molecule has 1 nitrogen and oxygen atoms in total. The van der Waals surface area contributed by atoms with Gasteiger partial charge >= 0.3 is 0 Å².